The van der Waals surface area contributed by atoms with Gasteiger partial charge >= 0.3 is 0 Å². The highest BCUT2D eigenvalue weighted by molar-refractivity contribution is 9.10. The van der Waals surface area contributed by atoms with Crippen molar-refractivity contribution in [1.29, 1.82) is 0 Å². The zero-order valence-corrected chi connectivity index (χ0v) is 12.9. The highest BCUT2D eigenvalue weighted by atomic mass is 79.9. The topological polar surface area (TPSA) is 64.2 Å². The van der Waals surface area contributed by atoms with Gasteiger partial charge in [-0.15, -0.1) is 0 Å². The lowest BCUT2D eigenvalue weighted by atomic mass is 10.2. The van der Waals surface area contributed by atoms with E-state index in [9.17, 15) is 4.79 Å². The number of nitrogens with zero attached hydrogens (tertiary/aromatic N) is 3. The molecule has 2 rings (SSSR count). The van der Waals surface area contributed by atoms with Crippen molar-refractivity contribution in [2.24, 2.45) is 5.73 Å². The van der Waals surface area contributed by atoms with Crippen LogP contribution in [-0.2, 0) is 13.1 Å². The van der Waals surface area contributed by atoms with Gasteiger partial charge in [-0.05, 0) is 11.6 Å². The number of amides is 1. The minimum absolute atomic E-state index is 0.100. The van der Waals surface area contributed by atoms with E-state index in [2.05, 4.69) is 20.9 Å². The Morgan fingerprint density at radius 2 is 2.20 bits per heavy atom. The summed E-state index contributed by atoms with van der Waals surface area (Å²) in [6.45, 7) is 1.72. The Morgan fingerprint density at radius 1 is 1.45 bits per heavy atom. The van der Waals surface area contributed by atoms with Crippen LogP contribution in [0.4, 0.5) is 0 Å². The van der Waals surface area contributed by atoms with Gasteiger partial charge in [0.1, 0.15) is 5.69 Å². The van der Waals surface area contributed by atoms with E-state index in [1.807, 2.05) is 28.8 Å². The molecule has 0 aliphatic rings. The third kappa shape index (κ3) is 3.46. The Balaban J connectivity index is 2.06. The molecule has 1 aromatic carbocycles. The van der Waals surface area contributed by atoms with Crippen LogP contribution in [0.2, 0.25) is 0 Å². The molecule has 1 aromatic heterocycles. The molecule has 0 saturated heterocycles. The summed E-state index contributed by atoms with van der Waals surface area (Å²) < 4.78 is 2.81. The first-order valence-corrected chi connectivity index (χ1v) is 7.12. The molecule has 0 atom stereocenters. The summed E-state index contributed by atoms with van der Waals surface area (Å²) >= 11 is 3.48. The predicted molar refractivity (Wildman–Crippen MR) is 81.2 cm³/mol. The molecule has 0 radical (unpaired) electrons. The highest BCUT2D eigenvalue weighted by Gasteiger charge is 2.15. The van der Waals surface area contributed by atoms with Gasteiger partial charge in [-0.25, -0.2) is 4.98 Å². The lowest BCUT2D eigenvalue weighted by Gasteiger charge is -2.16. The first-order valence-electron chi connectivity index (χ1n) is 6.32. The van der Waals surface area contributed by atoms with Crippen LogP contribution in [0.25, 0.3) is 0 Å². The number of aromatic nitrogens is 2. The van der Waals surface area contributed by atoms with Gasteiger partial charge in [0.05, 0.1) is 6.33 Å². The highest BCUT2D eigenvalue weighted by Crippen LogP contribution is 2.17. The van der Waals surface area contributed by atoms with Gasteiger partial charge < -0.3 is 15.2 Å². The molecule has 1 amide bonds. The molecule has 1 heterocycles. The van der Waals surface area contributed by atoms with E-state index in [1.54, 1.807) is 24.5 Å². The molecule has 0 bridgehead atoms. The van der Waals surface area contributed by atoms with Crippen molar-refractivity contribution < 1.29 is 4.79 Å². The molecular formula is C14H17BrN4O. The van der Waals surface area contributed by atoms with Crippen molar-refractivity contribution in [2.75, 3.05) is 13.6 Å². The van der Waals surface area contributed by atoms with Crippen LogP contribution in [0, 0.1) is 0 Å². The van der Waals surface area contributed by atoms with Crippen molar-refractivity contribution in [3.8, 4) is 0 Å². The Morgan fingerprint density at radius 3 is 2.90 bits per heavy atom. The fourth-order valence-corrected chi connectivity index (χ4v) is 2.30. The summed E-state index contributed by atoms with van der Waals surface area (Å²) in [6.07, 6.45) is 3.36. The van der Waals surface area contributed by atoms with Gasteiger partial charge in [-0.1, -0.05) is 34.1 Å². The average Bonchev–Trinajstić information content (AvgIpc) is 2.89. The van der Waals surface area contributed by atoms with E-state index in [-0.39, 0.29) is 5.91 Å². The van der Waals surface area contributed by atoms with Crippen molar-refractivity contribution in [3.05, 3.63) is 52.5 Å². The second kappa shape index (κ2) is 6.67. The van der Waals surface area contributed by atoms with Crippen LogP contribution >= 0.6 is 15.9 Å². The molecule has 106 valence electrons. The van der Waals surface area contributed by atoms with Crippen LogP contribution in [-0.4, -0.2) is 34.0 Å². The molecule has 20 heavy (non-hydrogen) atoms. The van der Waals surface area contributed by atoms with Crippen molar-refractivity contribution in [1.82, 2.24) is 14.5 Å². The number of imidazole rings is 1. The van der Waals surface area contributed by atoms with Gasteiger partial charge in [0.15, 0.2) is 0 Å². The molecule has 5 nitrogen and oxygen atoms in total. The molecule has 0 fully saturated rings. The van der Waals surface area contributed by atoms with Crippen LogP contribution in [0.5, 0.6) is 0 Å². The number of rotatable bonds is 5. The van der Waals surface area contributed by atoms with Crippen molar-refractivity contribution in [2.45, 2.75) is 13.1 Å². The second-order valence-electron chi connectivity index (χ2n) is 4.54. The predicted octanol–water partition coefficient (Wildman–Crippen LogP) is 1.88. The van der Waals surface area contributed by atoms with Gasteiger partial charge in [0.2, 0.25) is 0 Å². The number of hydrogen-bond donors (Lipinski definition) is 1. The van der Waals surface area contributed by atoms with Crippen molar-refractivity contribution in [3.63, 3.8) is 0 Å². The normalized spacial score (nSPS) is 10.6. The first-order chi connectivity index (χ1) is 9.61. The van der Waals surface area contributed by atoms with Crippen LogP contribution in [0.3, 0.4) is 0 Å². The fraction of sp³-hybridized carbons (Fsp3) is 0.286. The summed E-state index contributed by atoms with van der Waals surface area (Å²) in [4.78, 5) is 18.1. The van der Waals surface area contributed by atoms with Crippen LogP contribution < -0.4 is 5.73 Å². The standard InChI is InChI=1S/C14H17BrN4O/c1-18(8-11-4-2-3-5-12(11)15)14(20)13-9-19(7-6-16)10-17-13/h2-5,9-10H,6-8,16H2,1H3. The zero-order valence-electron chi connectivity index (χ0n) is 11.3. The maximum atomic E-state index is 12.3. The SMILES string of the molecule is CN(Cc1ccccc1Br)C(=O)c1cn(CCN)cn1. The van der Waals surface area contributed by atoms with Crippen LogP contribution in [0.15, 0.2) is 41.3 Å². The van der Waals surface area contributed by atoms with Gasteiger partial charge in [0.25, 0.3) is 5.91 Å². The quantitative estimate of drug-likeness (QED) is 0.906. The van der Waals surface area contributed by atoms with E-state index in [4.69, 9.17) is 5.73 Å². The van der Waals surface area contributed by atoms with Gasteiger partial charge in [-0.3, -0.25) is 4.79 Å². The molecule has 6 heteroatoms. The van der Waals surface area contributed by atoms with E-state index >= 15 is 0 Å². The molecule has 0 aliphatic heterocycles. The molecule has 0 spiro atoms. The number of nitrogens with two attached hydrogens (primary N) is 1. The first kappa shape index (κ1) is 14.7. The Hall–Kier alpha value is -1.66. The number of carbonyl (C=O) groups excluding carboxylic acids is 1. The van der Waals surface area contributed by atoms with Crippen LogP contribution in [0.1, 0.15) is 16.1 Å². The molecular weight excluding hydrogens is 320 g/mol. The Bertz CT molecular complexity index is 596. The fourth-order valence-electron chi connectivity index (χ4n) is 1.89. The number of halogens is 1. The lowest BCUT2D eigenvalue weighted by molar-refractivity contribution is 0.0779. The summed E-state index contributed by atoms with van der Waals surface area (Å²) in [6, 6.07) is 7.85. The number of benzene rings is 1. The lowest BCUT2D eigenvalue weighted by Crippen LogP contribution is -2.26. The van der Waals surface area contributed by atoms with Gasteiger partial charge in [0, 0.05) is 37.4 Å². The Labute approximate surface area is 126 Å². The molecule has 0 saturated carbocycles. The minimum atomic E-state index is -0.100. The largest absolute Gasteiger partial charge is 0.336 e. The molecule has 0 aliphatic carbocycles. The van der Waals surface area contributed by atoms with E-state index < -0.39 is 0 Å². The smallest absolute Gasteiger partial charge is 0.274 e. The monoisotopic (exact) mass is 336 g/mol. The maximum absolute atomic E-state index is 12.3. The van der Waals surface area contributed by atoms with E-state index in [0.29, 0.717) is 25.3 Å². The van der Waals surface area contributed by atoms with E-state index in [0.717, 1.165) is 10.0 Å². The summed E-state index contributed by atoms with van der Waals surface area (Å²) in [5.41, 5.74) is 6.97. The number of carbonyl (C=O) groups is 1. The third-order valence-electron chi connectivity index (χ3n) is 2.95. The van der Waals surface area contributed by atoms with Crippen molar-refractivity contribution >= 4 is 21.8 Å². The summed E-state index contributed by atoms with van der Waals surface area (Å²) in [7, 11) is 1.77. The summed E-state index contributed by atoms with van der Waals surface area (Å²) in [5.74, 6) is -0.100. The van der Waals surface area contributed by atoms with E-state index in [1.165, 1.54) is 0 Å². The number of hydrogen-bond acceptors (Lipinski definition) is 3. The second-order valence-corrected chi connectivity index (χ2v) is 5.39. The maximum Gasteiger partial charge on any atom is 0.274 e. The minimum Gasteiger partial charge on any atom is -0.336 e. The average molecular weight is 337 g/mol. The third-order valence-corrected chi connectivity index (χ3v) is 3.73. The van der Waals surface area contributed by atoms with Gasteiger partial charge in [-0.2, -0.15) is 0 Å². The zero-order chi connectivity index (χ0) is 14.5. The molecule has 2 aromatic rings. The molecule has 0 unspecified atom stereocenters. The molecule has 2 N–H and O–H groups in total. The summed E-state index contributed by atoms with van der Waals surface area (Å²) in [5, 5.41) is 0. The Kier molecular flexibility index (Phi) is 4.92.